The number of amides is 2. The van der Waals surface area contributed by atoms with Gasteiger partial charge >= 0.3 is 5.97 Å². The standard InChI is InChI=1S/C12H21N3O4/c1-12(2,3)14-7-9(16)15-5-4-13-11(19)8(15)6-10(17)18/h8,14H,4-7H2,1-3H3,(H,13,19)(H,17,18). The van der Waals surface area contributed by atoms with Gasteiger partial charge in [-0.1, -0.05) is 0 Å². The van der Waals surface area contributed by atoms with Gasteiger partial charge in [0.25, 0.3) is 0 Å². The van der Waals surface area contributed by atoms with E-state index in [1.807, 2.05) is 20.8 Å². The molecule has 0 radical (unpaired) electrons. The van der Waals surface area contributed by atoms with Crippen molar-refractivity contribution < 1.29 is 19.5 Å². The van der Waals surface area contributed by atoms with E-state index in [4.69, 9.17) is 5.11 Å². The lowest BCUT2D eigenvalue weighted by atomic mass is 10.1. The third kappa shape index (κ3) is 4.86. The lowest BCUT2D eigenvalue weighted by Crippen LogP contribution is -2.59. The highest BCUT2D eigenvalue weighted by Gasteiger charge is 2.34. The summed E-state index contributed by atoms with van der Waals surface area (Å²) in [6.45, 7) is 6.57. The van der Waals surface area contributed by atoms with E-state index in [-0.39, 0.29) is 24.4 Å². The van der Waals surface area contributed by atoms with Crippen LogP contribution in [0.5, 0.6) is 0 Å². The first-order valence-electron chi connectivity index (χ1n) is 6.25. The summed E-state index contributed by atoms with van der Waals surface area (Å²) in [6.07, 6.45) is -0.368. The highest BCUT2D eigenvalue weighted by Crippen LogP contribution is 2.10. The van der Waals surface area contributed by atoms with Crippen molar-refractivity contribution in [2.24, 2.45) is 0 Å². The molecule has 1 saturated heterocycles. The Kier molecular flexibility index (Phi) is 4.88. The molecule has 1 aliphatic rings. The van der Waals surface area contributed by atoms with Gasteiger partial charge in [-0.2, -0.15) is 0 Å². The Labute approximate surface area is 112 Å². The minimum absolute atomic E-state index is 0.0902. The highest BCUT2D eigenvalue weighted by molar-refractivity contribution is 5.92. The second-order valence-corrected chi connectivity index (χ2v) is 5.60. The first-order chi connectivity index (χ1) is 8.70. The molecule has 0 aromatic rings. The van der Waals surface area contributed by atoms with Crippen molar-refractivity contribution in [3.8, 4) is 0 Å². The molecule has 108 valence electrons. The van der Waals surface area contributed by atoms with Crippen LogP contribution in [0.4, 0.5) is 0 Å². The molecular formula is C12H21N3O4. The number of nitrogens with one attached hydrogen (secondary N) is 2. The third-order valence-corrected chi connectivity index (χ3v) is 2.79. The Bertz CT molecular complexity index is 376. The van der Waals surface area contributed by atoms with Crippen LogP contribution in [0.1, 0.15) is 27.2 Å². The summed E-state index contributed by atoms with van der Waals surface area (Å²) in [6, 6.07) is -0.916. The Morgan fingerprint density at radius 3 is 2.63 bits per heavy atom. The molecule has 1 fully saturated rings. The van der Waals surface area contributed by atoms with Crippen molar-refractivity contribution in [3.63, 3.8) is 0 Å². The molecule has 7 heteroatoms. The number of carbonyl (C=O) groups is 3. The first kappa shape index (κ1) is 15.4. The summed E-state index contributed by atoms with van der Waals surface area (Å²) >= 11 is 0. The van der Waals surface area contributed by atoms with E-state index >= 15 is 0 Å². The summed E-state index contributed by atoms with van der Waals surface area (Å²) in [5.41, 5.74) is -0.212. The van der Waals surface area contributed by atoms with Crippen LogP contribution in [0, 0.1) is 0 Å². The lowest BCUT2D eigenvalue weighted by Gasteiger charge is -2.35. The second kappa shape index (κ2) is 6.01. The second-order valence-electron chi connectivity index (χ2n) is 5.60. The molecule has 0 bridgehead atoms. The average Bonchev–Trinajstić information content (AvgIpc) is 2.27. The Morgan fingerprint density at radius 1 is 1.47 bits per heavy atom. The van der Waals surface area contributed by atoms with Crippen molar-refractivity contribution in [2.75, 3.05) is 19.6 Å². The molecule has 1 heterocycles. The van der Waals surface area contributed by atoms with E-state index < -0.39 is 17.9 Å². The van der Waals surface area contributed by atoms with E-state index in [1.165, 1.54) is 4.90 Å². The van der Waals surface area contributed by atoms with Gasteiger partial charge in [0.1, 0.15) is 6.04 Å². The van der Waals surface area contributed by atoms with Crippen LogP contribution in [-0.2, 0) is 14.4 Å². The molecule has 1 rings (SSSR count). The summed E-state index contributed by atoms with van der Waals surface area (Å²) in [5.74, 6) is -1.75. The Morgan fingerprint density at radius 2 is 2.11 bits per heavy atom. The van der Waals surface area contributed by atoms with E-state index in [9.17, 15) is 14.4 Å². The highest BCUT2D eigenvalue weighted by atomic mass is 16.4. The van der Waals surface area contributed by atoms with E-state index in [2.05, 4.69) is 10.6 Å². The number of carboxylic acid groups (broad SMARTS) is 1. The molecule has 0 aliphatic carbocycles. The van der Waals surface area contributed by atoms with Crippen molar-refractivity contribution in [2.45, 2.75) is 38.8 Å². The Balaban J connectivity index is 2.68. The normalized spacial score (nSPS) is 20.1. The fourth-order valence-electron chi connectivity index (χ4n) is 1.82. The van der Waals surface area contributed by atoms with Gasteiger partial charge in [0, 0.05) is 18.6 Å². The molecule has 3 N–H and O–H groups in total. The smallest absolute Gasteiger partial charge is 0.305 e. The number of nitrogens with zero attached hydrogens (tertiary/aromatic N) is 1. The van der Waals surface area contributed by atoms with Gasteiger partial charge in [0.15, 0.2) is 0 Å². The number of rotatable bonds is 4. The van der Waals surface area contributed by atoms with Crippen LogP contribution in [0.25, 0.3) is 0 Å². The van der Waals surface area contributed by atoms with Crippen molar-refractivity contribution in [1.29, 1.82) is 0 Å². The van der Waals surface area contributed by atoms with E-state index in [0.29, 0.717) is 13.1 Å². The van der Waals surface area contributed by atoms with Crippen molar-refractivity contribution >= 4 is 17.8 Å². The van der Waals surface area contributed by atoms with Crippen molar-refractivity contribution in [1.82, 2.24) is 15.5 Å². The van der Waals surface area contributed by atoms with Gasteiger partial charge in [-0.25, -0.2) is 0 Å². The van der Waals surface area contributed by atoms with Gasteiger partial charge < -0.3 is 20.6 Å². The maximum absolute atomic E-state index is 12.1. The van der Waals surface area contributed by atoms with Gasteiger partial charge in [-0.05, 0) is 20.8 Å². The maximum atomic E-state index is 12.1. The maximum Gasteiger partial charge on any atom is 0.305 e. The minimum Gasteiger partial charge on any atom is -0.481 e. The summed E-state index contributed by atoms with van der Waals surface area (Å²) < 4.78 is 0. The van der Waals surface area contributed by atoms with Gasteiger partial charge in [-0.15, -0.1) is 0 Å². The number of hydrogen-bond donors (Lipinski definition) is 3. The van der Waals surface area contributed by atoms with Crippen LogP contribution >= 0.6 is 0 Å². The van der Waals surface area contributed by atoms with Crippen LogP contribution < -0.4 is 10.6 Å². The number of hydrogen-bond acceptors (Lipinski definition) is 4. The van der Waals surface area contributed by atoms with Crippen LogP contribution in [0.2, 0.25) is 0 Å². The lowest BCUT2D eigenvalue weighted by molar-refractivity contribution is -0.148. The van der Waals surface area contributed by atoms with E-state index in [0.717, 1.165) is 0 Å². The first-order valence-corrected chi connectivity index (χ1v) is 6.25. The zero-order chi connectivity index (χ0) is 14.6. The number of aliphatic carboxylic acids is 1. The molecule has 7 nitrogen and oxygen atoms in total. The van der Waals surface area contributed by atoms with Gasteiger partial charge in [-0.3, -0.25) is 14.4 Å². The number of piperazine rings is 1. The predicted molar refractivity (Wildman–Crippen MR) is 68.5 cm³/mol. The number of carboxylic acids is 1. The third-order valence-electron chi connectivity index (χ3n) is 2.79. The molecule has 0 saturated carbocycles. The van der Waals surface area contributed by atoms with E-state index in [1.54, 1.807) is 0 Å². The monoisotopic (exact) mass is 271 g/mol. The molecule has 0 aromatic carbocycles. The largest absolute Gasteiger partial charge is 0.481 e. The molecule has 0 aromatic heterocycles. The van der Waals surface area contributed by atoms with Crippen LogP contribution in [0.15, 0.2) is 0 Å². The summed E-state index contributed by atoms with van der Waals surface area (Å²) in [7, 11) is 0. The zero-order valence-electron chi connectivity index (χ0n) is 11.5. The van der Waals surface area contributed by atoms with Gasteiger partial charge in [0.2, 0.25) is 11.8 Å². The minimum atomic E-state index is -1.09. The topological polar surface area (TPSA) is 98.7 Å². The summed E-state index contributed by atoms with van der Waals surface area (Å²) in [4.78, 5) is 35.8. The zero-order valence-corrected chi connectivity index (χ0v) is 11.5. The fraction of sp³-hybridized carbons (Fsp3) is 0.750. The quantitative estimate of drug-likeness (QED) is 0.620. The van der Waals surface area contributed by atoms with Crippen molar-refractivity contribution in [3.05, 3.63) is 0 Å². The van der Waals surface area contributed by atoms with Crippen LogP contribution in [-0.4, -0.2) is 59.0 Å². The fourth-order valence-corrected chi connectivity index (χ4v) is 1.82. The average molecular weight is 271 g/mol. The molecule has 1 unspecified atom stereocenters. The molecule has 0 spiro atoms. The SMILES string of the molecule is CC(C)(C)NCC(=O)N1CCNC(=O)C1CC(=O)O. The van der Waals surface area contributed by atoms with Gasteiger partial charge in [0.05, 0.1) is 13.0 Å². The summed E-state index contributed by atoms with van der Waals surface area (Å²) in [5, 5.41) is 14.4. The number of carbonyl (C=O) groups excluding carboxylic acids is 2. The molecule has 2 amide bonds. The molecule has 1 aliphatic heterocycles. The molecule has 19 heavy (non-hydrogen) atoms. The van der Waals surface area contributed by atoms with Crippen LogP contribution in [0.3, 0.4) is 0 Å². The molecule has 1 atom stereocenters. The molecular weight excluding hydrogens is 250 g/mol. The Hall–Kier alpha value is -1.63. The predicted octanol–water partition coefficient (Wildman–Crippen LogP) is -0.824.